The van der Waals surface area contributed by atoms with Crippen LogP contribution in [0.15, 0.2) is 64.9 Å². The first-order valence-corrected chi connectivity index (χ1v) is 11.7. The fourth-order valence-electron chi connectivity index (χ4n) is 2.94. The van der Waals surface area contributed by atoms with Crippen LogP contribution in [-0.2, 0) is 20.9 Å². The van der Waals surface area contributed by atoms with Crippen LogP contribution in [0.4, 0.5) is 0 Å². The molecule has 0 bridgehead atoms. The summed E-state index contributed by atoms with van der Waals surface area (Å²) in [5, 5.41) is 2.03. The maximum absolute atomic E-state index is 12.9. The third-order valence-corrected chi connectivity index (χ3v) is 6.77. The third-order valence-electron chi connectivity index (χ3n) is 4.53. The summed E-state index contributed by atoms with van der Waals surface area (Å²) in [6.07, 6.45) is 0.101. The maximum Gasteiger partial charge on any atom is 0.307 e. The SMILES string of the molecule is CCOC(=O)C[C@H](N[S+]([O-])c1ccc(C)cc1)c1cc(-c2cccc(OC)c2)cs1. The monoisotopic (exact) mass is 443 g/mol. The lowest BCUT2D eigenvalue weighted by Gasteiger charge is -2.18. The van der Waals surface area contributed by atoms with Crippen molar-refractivity contribution in [3.05, 3.63) is 70.4 Å². The highest BCUT2D eigenvalue weighted by Gasteiger charge is 2.25. The van der Waals surface area contributed by atoms with Gasteiger partial charge in [0.2, 0.25) is 0 Å². The molecule has 0 aliphatic carbocycles. The number of hydrogen-bond acceptors (Lipinski definition) is 6. The van der Waals surface area contributed by atoms with Crippen molar-refractivity contribution in [3.8, 4) is 16.9 Å². The molecule has 30 heavy (non-hydrogen) atoms. The predicted octanol–water partition coefficient (Wildman–Crippen LogP) is 5.04. The van der Waals surface area contributed by atoms with E-state index in [1.807, 2.05) is 66.9 Å². The second kappa shape index (κ2) is 10.6. The number of hydrogen-bond donors (Lipinski definition) is 1. The summed E-state index contributed by atoms with van der Waals surface area (Å²) in [5.74, 6) is 0.453. The summed E-state index contributed by atoms with van der Waals surface area (Å²) < 4.78 is 26.4. The zero-order chi connectivity index (χ0) is 21.5. The molecule has 0 saturated heterocycles. The first-order chi connectivity index (χ1) is 14.5. The molecule has 2 atom stereocenters. The molecule has 2 aromatic carbocycles. The Morgan fingerprint density at radius 3 is 2.63 bits per heavy atom. The standard InChI is InChI=1S/C23H25NO4S2/c1-4-28-23(25)14-21(24-30(26)20-10-8-16(2)9-11-20)22-13-18(15-29-22)17-6-5-7-19(12-17)27-3/h5-13,15,21,24H,4,14H2,1-3H3/t21-,30?/m0/s1. The van der Waals surface area contributed by atoms with Gasteiger partial charge in [-0.1, -0.05) is 29.8 Å². The van der Waals surface area contributed by atoms with Crippen LogP contribution in [0.2, 0.25) is 0 Å². The van der Waals surface area contributed by atoms with Crippen LogP contribution in [0.25, 0.3) is 11.1 Å². The van der Waals surface area contributed by atoms with Gasteiger partial charge in [0.25, 0.3) is 0 Å². The first kappa shape index (κ1) is 22.4. The zero-order valence-corrected chi connectivity index (χ0v) is 18.8. The molecule has 0 fully saturated rings. The number of methoxy groups -OCH3 is 1. The van der Waals surface area contributed by atoms with Crippen LogP contribution in [0.5, 0.6) is 5.75 Å². The van der Waals surface area contributed by atoms with Crippen molar-refractivity contribution in [2.45, 2.75) is 31.2 Å². The van der Waals surface area contributed by atoms with Crippen LogP contribution >= 0.6 is 11.3 Å². The summed E-state index contributed by atoms with van der Waals surface area (Å²) in [7, 11) is 1.64. The van der Waals surface area contributed by atoms with Crippen molar-refractivity contribution < 1.29 is 18.8 Å². The van der Waals surface area contributed by atoms with E-state index in [9.17, 15) is 9.35 Å². The molecule has 5 nitrogen and oxygen atoms in total. The van der Waals surface area contributed by atoms with Crippen molar-refractivity contribution in [3.63, 3.8) is 0 Å². The number of esters is 1. The number of thiophene rings is 1. The molecule has 3 aromatic rings. The minimum absolute atomic E-state index is 0.101. The van der Waals surface area contributed by atoms with Crippen molar-refractivity contribution in [1.29, 1.82) is 0 Å². The molecule has 7 heteroatoms. The van der Waals surface area contributed by atoms with Crippen molar-refractivity contribution in [1.82, 2.24) is 4.72 Å². The van der Waals surface area contributed by atoms with Gasteiger partial charge < -0.3 is 14.0 Å². The van der Waals surface area contributed by atoms with Gasteiger partial charge in [0.05, 0.1) is 37.5 Å². The average Bonchev–Trinajstić information content (AvgIpc) is 3.24. The van der Waals surface area contributed by atoms with Gasteiger partial charge in [-0.25, -0.2) is 0 Å². The molecule has 3 rings (SSSR count). The van der Waals surface area contributed by atoms with E-state index in [2.05, 4.69) is 4.72 Å². The molecule has 0 amide bonds. The number of carbonyl (C=O) groups is 1. The van der Waals surface area contributed by atoms with Gasteiger partial charge in [-0.2, -0.15) is 0 Å². The molecule has 1 unspecified atom stereocenters. The van der Waals surface area contributed by atoms with Gasteiger partial charge in [0.1, 0.15) is 5.75 Å². The quantitative estimate of drug-likeness (QED) is 0.371. The molecule has 0 aliphatic heterocycles. The van der Waals surface area contributed by atoms with Crippen LogP contribution in [0, 0.1) is 6.92 Å². The Morgan fingerprint density at radius 1 is 1.17 bits per heavy atom. The Balaban J connectivity index is 1.83. The molecule has 0 aliphatic rings. The number of benzene rings is 2. The Morgan fingerprint density at radius 2 is 1.93 bits per heavy atom. The number of rotatable bonds is 9. The summed E-state index contributed by atoms with van der Waals surface area (Å²) >= 11 is 0.0661. The second-order valence-corrected chi connectivity index (χ2v) is 8.92. The van der Waals surface area contributed by atoms with E-state index in [0.29, 0.717) is 11.5 Å². The van der Waals surface area contributed by atoms with E-state index in [0.717, 1.165) is 27.3 Å². The number of aryl methyl sites for hydroxylation is 1. The van der Waals surface area contributed by atoms with Gasteiger partial charge >= 0.3 is 5.97 Å². The lowest BCUT2D eigenvalue weighted by Crippen LogP contribution is -2.30. The maximum atomic E-state index is 12.9. The Bertz CT molecular complexity index is 971. The van der Waals surface area contributed by atoms with E-state index in [-0.39, 0.29) is 12.4 Å². The van der Waals surface area contributed by atoms with Gasteiger partial charge in [0, 0.05) is 4.88 Å². The summed E-state index contributed by atoms with van der Waals surface area (Å²) in [6.45, 7) is 4.07. The molecule has 1 heterocycles. The lowest BCUT2D eigenvalue weighted by atomic mass is 10.1. The van der Waals surface area contributed by atoms with Crippen LogP contribution in [-0.4, -0.2) is 24.2 Å². The summed E-state index contributed by atoms with van der Waals surface area (Å²) in [4.78, 5) is 13.8. The van der Waals surface area contributed by atoms with Crippen LogP contribution < -0.4 is 9.46 Å². The first-order valence-electron chi connectivity index (χ1n) is 9.63. The summed E-state index contributed by atoms with van der Waals surface area (Å²) in [6, 6.07) is 16.9. The fourth-order valence-corrected chi connectivity index (χ4v) is 4.97. The van der Waals surface area contributed by atoms with Crippen molar-refractivity contribution in [2.75, 3.05) is 13.7 Å². The fraction of sp³-hybridized carbons (Fsp3) is 0.261. The smallest absolute Gasteiger partial charge is 0.307 e. The summed E-state index contributed by atoms with van der Waals surface area (Å²) in [5.41, 5.74) is 3.14. The highest BCUT2D eigenvalue weighted by atomic mass is 32.2. The highest BCUT2D eigenvalue weighted by Crippen LogP contribution is 2.33. The van der Waals surface area contributed by atoms with E-state index < -0.39 is 17.4 Å². The molecule has 0 spiro atoms. The zero-order valence-electron chi connectivity index (χ0n) is 17.2. The van der Waals surface area contributed by atoms with E-state index >= 15 is 0 Å². The lowest BCUT2D eigenvalue weighted by molar-refractivity contribution is -0.143. The van der Waals surface area contributed by atoms with Gasteiger partial charge in [-0.3, -0.25) is 4.79 Å². The topological polar surface area (TPSA) is 70.6 Å². The molecular formula is C23H25NO4S2. The normalized spacial score (nSPS) is 12.9. The Labute approximate surface area is 184 Å². The molecular weight excluding hydrogens is 418 g/mol. The average molecular weight is 444 g/mol. The van der Waals surface area contributed by atoms with Crippen molar-refractivity contribution in [2.24, 2.45) is 0 Å². The van der Waals surface area contributed by atoms with Gasteiger partial charge in [-0.15, -0.1) is 16.1 Å². The van der Waals surface area contributed by atoms with E-state index in [1.54, 1.807) is 14.0 Å². The number of ether oxygens (including phenoxy) is 2. The molecule has 1 N–H and O–H groups in total. The Kier molecular flexibility index (Phi) is 7.93. The molecule has 0 saturated carbocycles. The van der Waals surface area contributed by atoms with Crippen LogP contribution in [0.1, 0.15) is 29.8 Å². The minimum Gasteiger partial charge on any atom is -0.593 e. The van der Waals surface area contributed by atoms with Gasteiger partial charge in [0.15, 0.2) is 4.90 Å². The number of nitrogens with one attached hydrogen (secondary N) is 1. The Hall–Kier alpha value is -2.32. The molecule has 1 aromatic heterocycles. The van der Waals surface area contributed by atoms with E-state index in [4.69, 9.17) is 9.47 Å². The molecule has 0 radical (unpaired) electrons. The highest BCUT2D eigenvalue weighted by molar-refractivity contribution is 7.89. The van der Waals surface area contributed by atoms with E-state index in [1.165, 1.54) is 11.3 Å². The molecule has 158 valence electrons. The number of carbonyl (C=O) groups excluding carboxylic acids is 1. The second-order valence-electron chi connectivity index (χ2n) is 6.73. The van der Waals surface area contributed by atoms with Gasteiger partial charge in [-0.05, 0) is 60.7 Å². The third kappa shape index (κ3) is 5.86. The van der Waals surface area contributed by atoms with Crippen molar-refractivity contribution >= 4 is 28.7 Å². The minimum atomic E-state index is -1.45. The van der Waals surface area contributed by atoms with Crippen LogP contribution in [0.3, 0.4) is 0 Å². The largest absolute Gasteiger partial charge is 0.593 e. The predicted molar refractivity (Wildman–Crippen MR) is 121 cm³/mol.